The fourth-order valence-corrected chi connectivity index (χ4v) is 1.34. The predicted octanol–water partition coefficient (Wildman–Crippen LogP) is 3.02. The molecule has 0 atom stereocenters. The standard InChI is InChI=1S/C14H18O3/c1-3-13(17-11-14(15)16-4-2)10-12-8-6-5-7-9-12/h5-10H,3-4,11H2,1-2H3/b13-10+. The molecule has 3 heteroatoms. The lowest BCUT2D eigenvalue weighted by molar-refractivity contribution is -0.147. The molecule has 1 aromatic rings. The van der Waals surface area contributed by atoms with Gasteiger partial charge in [0, 0.05) is 6.42 Å². The van der Waals surface area contributed by atoms with Crippen LogP contribution in [0.15, 0.2) is 36.1 Å². The number of rotatable bonds is 6. The Morgan fingerprint density at radius 1 is 1.18 bits per heavy atom. The second-order valence-electron chi connectivity index (χ2n) is 3.47. The average Bonchev–Trinajstić information content (AvgIpc) is 2.36. The van der Waals surface area contributed by atoms with E-state index in [-0.39, 0.29) is 12.6 Å². The first kappa shape index (κ1) is 13.3. The van der Waals surface area contributed by atoms with Crippen LogP contribution < -0.4 is 0 Å². The van der Waals surface area contributed by atoms with Crippen molar-refractivity contribution in [2.75, 3.05) is 13.2 Å². The Bertz CT molecular complexity index is 368. The summed E-state index contributed by atoms with van der Waals surface area (Å²) in [6.45, 7) is 4.12. The Kier molecular flexibility index (Phi) is 5.86. The number of ether oxygens (including phenoxy) is 2. The molecule has 0 aromatic heterocycles. The molecule has 1 aromatic carbocycles. The van der Waals surface area contributed by atoms with Crippen molar-refractivity contribution in [3.63, 3.8) is 0 Å². The minimum absolute atomic E-state index is 0.0274. The molecular formula is C14H18O3. The maximum atomic E-state index is 11.1. The van der Waals surface area contributed by atoms with Crippen LogP contribution in [0.3, 0.4) is 0 Å². The number of hydrogen-bond donors (Lipinski definition) is 0. The monoisotopic (exact) mass is 234 g/mol. The first-order chi connectivity index (χ1) is 8.26. The Hall–Kier alpha value is -1.77. The molecule has 0 fully saturated rings. The van der Waals surface area contributed by atoms with Gasteiger partial charge in [0.05, 0.1) is 12.4 Å². The third-order valence-electron chi connectivity index (χ3n) is 2.16. The van der Waals surface area contributed by atoms with Gasteiger partial charge in [0.25, 0.3) is 0 Å². The van der Waals surface area contributed by atoms with E-state index in [0.717, 1.165) is 17.7 Å². The van der Waals surface area contributed by atoms with Crippen molar-refractivity contribution in [3.05, 3.63) is 41.7 Å². The molecule has 0 saturated heterocycles. The molecule has 92 valence electrons. The summed E-state index contributed by atoms with van der Waals surface area (Å²) in [6, 6.07) is 9.87. The van der Waals surface area contributed by atoms with E-state index >= 15 is 0 Å². The van der Waals surface area contributed by atoms with E-state index in [9.17, 15) is 4.79 Å². The number of esters is 1. The fourth-order valence-electron chi connectivity index (χ4n) is 1.34. The van der Waals surface area contributed by atoms with Crippen molar-refractivity contribution >= 4 is 12.0 Å². The quantitative estimate of drug-likeness (QED) is 0.560. The maximum absolute atomic E-state index is 11.1. The molecule has 0 bridgehead atoms. The molecular weight excluding hydrogens is 216 g/mol. The van der Waals surface area contributed by atoms with Crippen molar-refractivity contribution in [1.29, 1.82) is 0 Å². The van der Waals surface area contributed by atoms with E-state index in [1.165, 1.54) is 0 Å². The van der Waals surface area contributed by atoms with Crippen LogP contribution >= 0.6 is 0 Å². The van der Waals surface area contributed by atoms with Gasteiger partial charge in [-0.1, -0.05) is 37.3 Å². The van der Waals surface area contributed by atoms with Crippen molar-refractivity contribution in [2.45, 2.75) is 20.3 Å². The van der Waals surface area contributed by atoms with E-state index < -0.39 is 0 Å². The Morgan fingerprint density at radius 2 is 1.88 bits per heavy atom. The molecule has 3 nitrogen and oxygen atoms in total. The maximum Gasteiger partial charge on any atom is 0.344 e. The van der Waals surface area contributed by atoms with E-state index in [0.29, 0.717) is 6.61 Å². The zero-order valence-corrected chi connectivity index (χ0v) is 10.3. The van der Waals surface area contributed by atoms with E-state index in [1.54, 1.807) is 6.92 Å². The zero-order valence-electron chi connectivity index (χ0n) is 10.3. The fraction of sp³-hybridized carbons (Fsp3) is 0.357. The average molecular weight is 234 g/mol. The first-order valence-electron chi connectivity index (χ1n) is 5.80. The number of allylic oxidation sites excluding steroid dienone is 1. The van der Waals surface area contributed by atoms with E-state index in [2.05, 4.69) is 0 Å². The van der Waals surface area contributed by atoms with Crippen molar-refractivity contribution in [1.82, 2.24) is 0 Å². The Balaban J connectivity index is 2.54. The summed E-state index contributed by atoms with van der Waals surface area (Å²) < 4.78 is 10.2. The van der Waals surface area contributed by atoms with Crippen LogP contribution in [-0.2, 0) is 14.3 Å². The SMILES string of the molecule is CCOC(=O)CO/C(=C/c1ccccc1)CC. The van der Waals surface area contributed by atoms with Gasteiger partial charge in [0.2, 0.25) is 0 Å². The van der Waals surface area contributed by atoms with Crippen LogP contribution in [0.4, 0.5) is 0 Å². The van der Waals surface area contributed by atoms with Gasteiger partial charge in [-0.25, -0.2) is 4.79 Å². The van der Waals surface area contributed by atoms with Gasteiger partial charge < -0.3 is 9.47 Å². The summed E-state index contributed by atoms with van der Waals surface area (Å²) in [7, 11) is 0. The largest absolute Gasteiger partial charge is 0.486 e. The van der Waals surface area contributed by atoms with Gasteiger partial charge in [0.15, 0.2) is 6.61 Å². The van der Waals surface area contributed by atoms with Crippen LogP contribution in [-0.4, -0.2) is 19.2 Å². The van der Waals surface area contributed by atoms with Crippen LogP contribution in [0.25, 0.3) is 6.08 Å². The number of hydrogen-bond acceptors (Lipinski definition) is 3. The van der Waals surface area contributed by atoms with E-state index in [4.69, 9.17) is 9.47 Å². The normalized spacial score (nSPS) is 11.1. The summed E-state index contributed by atoms with van der Waals surface area (Å²) in [4.78, 5) is 11.1. The summed E-state index contributed by atoms with van der Waals surface area (Å²) in [5.74, 6) is 0.448. The van der Waals surface area contributed by atoms with Crippen LogP contribution in [0.5, 0.6) is 0 Å². The molecule has 0 amide bonds. The molecule has 0 unspecified atom stereocenters. The van der Waals surface area contributed by atoms with Gasteiger partial charge in [-0.2, -0.15) is 0 Å². The van der Waals surface area contributed by atoms with Gasteiger partial charge in [-0.05, 0) is 18.6 Å². The van der Waals surface area contributed by atoms with Crippen LogP contribution in [0, 0.1) is 0 Å². The van der Waals surface area contributed by atoms with Gasteiger partial charge in [0.1, 0.15) is 0 Å². The molecule has 0 saturated carbocycles. The highest BCUT2D eigenvalue weighted by molar-refractivity contribution is 5.71. The smallest absolute Gasteiger partial charge is 0.344 e. The lowest BCUT2D eigenvalue weighted by Crippen LogP contribution is -2.12. The third-order valence-corrected chi connectivity index (χ3v) is 2.16. The zero-order chi connectivity index (χ0) is 12.5. The molecule has 1 rings (SSSR count). The summed E-state index contributed by atoms with van der Waals surface area (Å²) in [6.07, 6.45) is 2.67. The first-order valence-corrected chi connectivity index (χ1v) is 5.80. The Morgan fingerprint density at radius 3 is 2.47 bits per heavy atom. The lowest BCUT2D eigenvalue weighted by Gasteiger charge is -2.08. The third kappa shape index (κ3) is 5.20. The Labute approximate surface area is 102 Å². The predicted molar refractivity (Wildman–Crippen MR) is 67.3 cm³/mol. The highest BCUT2D eigenvalue weighted by Gasteiger charge is 2.03. The molecule has 0 N–H and O–H groups in total. The highest BCUT2D eigenvalue weighted by atomic mass is 16.6. The van der Waals surface area contributed by atoms with Crippen LogP contribution in [0.2, 0.25) is 0 Å². The van der Waals surface area contributed by atoms with Crippen molar-refractivity contribution < 1.29 is 14.3 Å². The minimum atomic E-state index is -0.333. The van der Waals surface area contributed by atoms with Crippen molar-refractivity contribution in [3.8, 4) is 0 Å². The molecule has 0 radical (unpaired) electrons. The molecule has 0 aliphatic carbocycles. The summed E-state index contributed by atoms with van der Waals surface area (Å²) >= 11 is 0. The van der Waals surface area contributed by atoms with E-state index in [1.807, 2.05) is 43.3 Å². The number of carbonyl (C=O) groups excluding carboxylic acids is 1. The highest BCUT2D eigenvalue weighted by Crippen LogP contribution is 2.10. The molecule has 0 aliphatic heterocycles. The minimum Gasteiger partial charge on any atom is -0.486 e. The van der Waals surface area contributed by atoms with Crippen LogP contribution in [0.1, 0.15) is 25.8 Å². The molecule has 17 heavy (non-hydrogen) atoms. The number of carbonyl (C=O) groups is 1. The van der Waals surface area contributed by atoms with Gasteiger partial charge in [-0.15, -0.1) is 0 Å². The summed E-state index contributed by atoms with van der Waals surface area (Å²) in [5.41, 5.74) is 1.06. The van der Waals surface area contributed by atoms with Gasteiger partial charge >= 0.3 is 5.97 Å². The van der Waals surface area contributed by atoms with Gasteiger partial charge in [-0.3, -0.25) is 0 Å². The summed E-state index contributed by atoms with van der Waals surface area (Å²) in [5, 5.41) is 0. The van der Waals surface area contributed by atoms with Crippen molar-refractivity contribution in [2.24, 2.45) is 0 Å². The topological polar surface area (TPSA) is 35.5 Å². The molecule has 0 heterocycles. The number of benzene rings is 1. The second kappa shape index (κ2) is 7.49. The molecule has 0 aliphatic rings. The molecule has 0 spiro atoms. The lowest BCUT2D eigenvalue weighted by atomic mass is 10.2. The second-order valence-corrected chi connectivity index (χ2v) is 3.47.